The Balaban J connectivity index is 1.47. The van der Waals surface area contributed by atoms with Gasteiger partial charge in [0.05, 0.1) is 4.90 Å². The zero-order chi connectivity index (χ0) is 19.6. The van der Waals surface area contributed by atoms with Crippen LogP contribution in [0.25, 0.3) is 11.1 Å². The number of aromatic nitrogens is 1. The normalized spacial score (nSPS) is 19.1. The fourth-order valence-corrected chi connectivity index (χ4v) is 5.58. The molecule has 0 spiro atoms. The van der Waals surface area contributed by atoms with Gasteiger partial charge in [-0.1, -0.05) is 12.1 Å². The summed E-state index contributed by atoms with van der Waals surface area (Å²) in [6.45, 7) is 2.48. The lowest BCUT2D eigenvalue weighted by Crippen LogP contribution is -2.43. The van der Waals surface area contributed by atoms with Gasteiger partial charge in [0.1, 0.15) is 0 Å². The van der Waals surface area contributed by atoms with Gasteiger partial charge in [0.15, 0.2) is 0 Å². The molecule has 0 bridgehead atoms. The molecule has 0 aliphatic carbocycles. The molecular formula is C21H25N3O3S. The van der Waals surface area contributed by atoms with Crippen molar-refractivity contribution in [3.63, 3.8) is 0 Å². The van der Waals surface area contributed by atoms with Gasteiger partial charge < -0.3 is 4.90 Å². The van der Waals surface area contributed by atoms with Crippen LogP contribution in [0.5, 0.6) is 0 Å². The van der Waals surface area contributed by atoms with Crippen LogP contribution in [-0.4, -0.2) is 54.7 Å². The second-order valence-corrected chi connectivity index (χ2v) is 9.41. The van der Waals surface area contributed by atoms with E-state index in [-0.39, 0.29) is 11.8 Å². The molecule has 0 unspecified atom stereocenters. The van der Waals surface area contributed by atoms with Crippen LogP contribution in [0.3, 0.4) is 0 Å². The van der Waals surface area contributed by atoms with Crippen LogP contribution in [0.4, 0.5) is 0 Å². The van der Waals surface area contributed by atoms with Crippen molar-refractivity contribution in [1.29, 1.82) is 0 Å². The van der Waals surface area contributed by atoms with Gasteiger partial charge >= 0.3 is 0 Å². The third-order valence-electron chi connectivity index (χ3n) is 5.71. The Morgan fingerprint density at radius 2 is 1.61 bits per heavy atom. The minimum atomic E-state index is -3.57. The molecule has 7 heteroatoms. The second kappa shape index (κ2) is 8.01. The molecule has 0 N–H and O–H groups in total. The van der Waals surface area contributed by atoms with Crippen molar-refractivity contribution in [2.45, 2.75) is 30.6 Å². The van der Waals surface area contributed by atoms with Crippen molar-refractivity contribution >= 4 is 15.9 Å². The maximum absolute atomic E-state index is 13.1. The first kappa shape index (κ1) is 19.1. The van der Waals surface area contributed by atoms with Crippen molar-refractivity contribution in [1.82, 2.24) is 14.2 Å². The Bertz CT molecular complexity index is 932. The van der Waals surface area contributed by atoms with Gasteiger partial charge in [-0.3, -0.25) is 9.78 Å². The average molecular weight is 400 g/mol. The predicted molar refractivity (Wildman–Crippen MR) is 107 cm³/mol. The van der Waals surface area contributed by atoms with E-state index in [0.29, 0.717) is 30.8 Å². The molecule has 0 saturated carbocycles. The molecule has 4 rings (SSSR count). The molecule has 1 aromatic carbocycles. The Morgan fingerprint density at radius 3 is 2.29 bits per heavy atom. The van der Waals surface area contributed by atoms with E-state index in [4.69, 9.17) is 0 Å². The van der Waals surface area contributed by atoms with Gasteiger partial charge in [-0.2, -0.15) is 4.31 Å². The number of benzene rings is 1. The van der Waals surface area contributed by atoms with Crippen LogP contribution in [0.15, 0.2) is 53.7 Å². The maximum Gasteiger partial charge on any atom is 0.243 e. The highest BCUT2D eigenvalue weighted by molar-refractivity contribution is 7.89. The molecule has 148 valence electrons. The number of sulfonamides is 1. The van der Waals surface area contributed by atoms with Gasteiger partial charge in [-0.05, 0) is 61.1 Å². The van der Waals surface area contributed by atoms with E-state index in [9.17, 15) is 13.2 Å². The smallest absolute Gasteiger partial charge is 0.243 e. The van der Waals surface area contributed by atoms with Gasteiger partial charge in [-0.25, -0.2) is 8.42 Å². The SMILES string of the molecule is O=C(C1CCN(S(=O)(=O)c2cccc(-c3ccncc3)c2)CC1)N1CCCC1. The fraction of sp³-hybridized carbons (Fsp3) is 0.429. The van der Waals surface area contributed by atoms with Gasteiger partial charge in [0, 0.05) is 44.5 Å². The van der Waals surface area contributed by atoms with Crippen LogP contribution < -0.4 is 0 Å². The molecule has 2 fully saturated rings. The van der Waals surface area contributed by atoms with E-state index in [1.807, 2.05) is 23.1 Å². The van der Waals surface area contributed by atoms with Crippen LogP contribution in [0, 0.1) is 5.92 Å². The van der Waals surface area contributed by atoms with Gasteiger partial charge in [-0.15, -0.1) is 0 Å². The van der Waals surface area contributed by atoms with E-state index in [2.05, 4.69) is 4.98 Å². The predicted octanol–water partition coefficient (Wildman–Crippen LogP) is 2.77. The van der Waals surface area contributed by atoms with Crippen molar-refractivity contribution in [3.8, 4) is 11.1 Å². The molecule has 0 atom stereocenters. The summed E-state index contributed by atoms with van der Waals surface area (Å²) in [7, 11) is -3.57. The number of rotatable bonds is 4. The van der Waals surface area contributed by atoms with E-state index < -0.39 is 10.0 Å². The topological polar surface area (TPSA) is 70.6 Å². The first-order valence-corrected chi connectivity index (χ1v) is 11.3. The number of carbonyl (C=O) groups excluding carboxylic acids is 1. The summed E-state index contributed by atoms with van der Waals surface area (Å²) in [5, 5.41) is 0. The summed E-state index contributed by atoms with van der Waals surface area (Å²) in [6, 6.07) is 10.7. The zero-order valence-electron chi connectivity index (χ0n) is 15.8. The third kappa shape index (κ3) is 3.82. The fourth-order valence-electron chi connectivity index (χ4n) is 4.07. The number of piperidine rings is 1. The van der Waals surface area contributed by atoms with Gasteiger partial charge in [0.25, 0.3) is 0 Å². The highest BCUT2D eigenvalue weighted by Gasteiger charge is 2.34. The zero-order valence-corrected chi connectivity index (χ0v) is 16.6. The molecule has 1 aromatic heterocycles. The standard InChI is InChI=1S/C21H25N3O3S/c25-21(23-12-1-2-13-23)18-8-14-24(15-9-18)28(26,27)20-5-3-4-19(16-20)17-6-10-22-11-7-17/h3-7,10-11,16,18H,1-2,8-9,12-15H2. The summed E-state index contributed by atoms with van der Waals surface area (Å²) < 4.78 is 27.8. The van der Waals surface area contributed by atoms with E-state index >= 15 is 0 Å². The van der Waals surface area contributed by atoms with Gasteiger partial charge in [0.2, 0.25) is 15.9 Å². The molecule has 1 amide bonds. The van der Waals surface area contributed by atoms with E-state index in [1.54, 1.807) is 30.6 Å². The molecule has 3 heterocycles. The molecule has 28 heavy (non-hydrogen) atoms. The number of likely N-dealkylation sites (tertiary alicyclic amines) is 1. The monoisotopic (exact) mass is 399 g/mol. The molecule has 2 aromatic rings. The molecule has 0 radical (unpaired) electrons. The Hall–Kier alpha value is -2.25. The van der Waals surface area contributed by atoms with Crippen LogP contribution >= 0.6 is 0 Å². The molecule has 2 aliphatic heterocycles. The Kier molecular flexibility index (Phi) is 5.46. The average Bonchev–Trinajstić information content (AvgIpc) is 3.29. The number of nitrogens with zero attached hydrogens (tertiary/aromatic N) is 3. The van der Waals surface area contributed by atoms with E-state index in [0.717, 1.165) is 37.1 Å². The first-order chi connectivity index (χ1) is 13.6. The molecule has 2 saturated heterocycles. The highest BCUT2D eigenvalue weighted by Crippen LogP contribution is 2.28. The number of pyridine rings is 1. The molecular weight excluding hydrogens is 374 g/mol. The summed E-state index contributed by atoms with van der Waals surface area (Å²) in [4.78, 5) is 18.8. The third-order valence-corrected chi connectivity index (χ3v) is 7.60. The van der Waals surface area contributed by atoms with Crippen LogP contribution in [0.1, 0.15) is 25.7 Å². The number of amides is 1. The minimum absolute atomic E-state index is 0.0484. The van der Waals surface area contributed by atoms with Crippen LogP contribution in [0.2, 0.25) is 0 Å². The van der Waals surface area contributed by atoms with Crippen molar-refractivity contribution < 1.29 is 13.2 Å². The summed E-state index contributed by atoms with van der Waals surface area (Å²) >= 11 is 0. The second-order valence-electron chi connectivity index (χ2n) is 7.47. The molecule has 6 nitrogen and oxygen atoms in total. The Morgan fingerprint density at radius 1 is 0.929 bits per heavy atom. The van der Waals surface area contributed by atoms with Crippen molar-refractivity contribution in [2.75, 3.05) is 26.2 Å². The lowest BCUT2D eigenvalue weighted by Gasteiger charge is -2.32. The Labute approximate surface area is 166 Å². The number of hydrogen-bond acceptors (Lipinski definition) is 4. The maximum atomic E-state index is 13.1. The lowest BCUT2D eigenvalue weighted by molar-refractivity contribution is -0.135. The number of hydrogen-bond donors (Lipinski definition) is 0. The summed E-state index contributed by atoms with van der Waals surface area (Å²) in [6.07, 6.45) is 6.73. The van der Waals surface area contributed by atoms with Crippen molar-refractivity contribution in [3.05, 3.63) is 48.8 Å². The minimum Gasteiger partial charge on any atom is -0.342 e. The number of carbonyl (C=O) groups is 1. The lowest BCUT2D eigenvalue weighted by atomic mass is 9.97. The highest BCUT2D eigenvalue weighted by atomic mass is 32.2. The largest absolute Gasteiger partial charge is 0.342 e. The summed E-state index contributed by atoms with van der Waals surface area (Å²) in [5.74, 6) is 0.155. The van der Waals surface area contributed by atoms with Crippen molar-refractivity contribution in [2.24, 2.45) is 5.92 Å². The molecule has 2 aliphatic rings. The first-order valence-electron chi connectivity index (χ1n) is 9.85. The quantitative estimate of drug-likeness (QED) is 0.793. The van der Waals surface area contributed by atoms with E-state index in [1.165, 1.54) is 4.31 Å². The summed E-state index contributed by atoms with van der Waals surface area (Å²) in [5.41, 5.74) is 1.78. The van der Waals surface area contributed by atoms with Crippen LogP contribution in [-0.2, 0) is 14.8 Å².